The highest BCUT2D eigenvalue weighted by Gasteiger charge is 2.29. The lowest BCUT2D eigenvalue weighted by atomic mass is 9.87. The predicted molar refractivity (Wildman–Crippen MR) is 108 cm³/mol. The van der Waals surface area contributed by atoms with Crippen LogP contribution < -0.4 is 9.47 Å². The van der Waals surface area contributed by atoms with E-state index < -0.39 is 5.60 Å². The van der Waals surface area contributed by atoms with Crippen LogP contribution in [-0.2, 0) is 19.8 Å². The van der Waals surface area contributed by atoms with Crippen LogP contribution >= 0.6 is 0 Å². The van der Waals surface area contributed by atoms with Gasteiger partial charge in [0.15, 0.2) is 5.60 Å². The molecule has 4 bridgehead atoms. The van der Waals surface area contributed by atoms with Crippen molar-refractivity contribution in [2.24, 2.45) is 0 Å². The number of ether oxygens (including phenoxy) is 5. The average Bonchev–Trinajstić information content (AvgIpc) is 2.76. The van der Waals surface area contributed by atoms with Gasteiger partial charge in [-0.25, -0.2) is 0 Å². The average molecular weight is 398 g/mol. The molecule has 0 amide bonds. The van der Waals surface area contributed by atoms with Crippen LogP contribution in [0.3, 0.4) is 0 Å². The summed E-state index contributed by atoms with van der Waals surface area (Å²) in [6, 6.07) is 14.2. The molecule has 29 heavy (non-hydrogen) atoms. The Bertz CT molecular complexity index is 721. The van der Waals surface area contributed by atoms with Gasteiger partial charge in [-0.2, -0.15) is 0 Å². The van der Waals surface area contributed by atoms with Gasteiger partial charge < -0.3 is 28.8 Å². The number of hydrogen-bond acceptors (Lipinski definition) is 6. The molecule has 2 aromatic rings. The Kier molecular flexibility index (Phi) is 7.91. The first-order chi connectivity index (χ1) is 14.2. The highest BCUT2D eigenvalue weighted by atomic mass is 16.6. The lowest BCUT2D eigenvalue weighted by molar-refractivity contribution is 0.00497. The van der Waals surface area contributed by atoms with E-state index in [-0.39, 0.29) is 0 Å². The normalized spacial score (nSPS) is 18.5. The van der Waals surface area contributed by atoms with Crippen LogP contribution in [0, 0.1) is 12.3 Å². The Hall–Kier alpha value is -2.56. The zero-order valence-electron chi connectivity index (χ0n) is 16.3. The van der Waals surface area contributed by atoms with Crippen LogP contribution in [0.15, 0.2) is 48.5 Å². The van der Waals surface area contributed by atoms with E-state index in [4.69, 9.17) is 30.1 Å². The van der Waals surface area contributed by atoms with Gasteiger partial charge in [0, 0.05) is 11.1 Å². The summed E-state index contributed by atoms with van der Waals surface area (Å²) in [5.41, 5.74) is -0.366. The lowest BCUT2D eigenvalue weighted by Gasteiger charge is -2.24. The van der Waals surface area contributed by atoms with E-state index in [9.17, 15) is 5.11 Å². The smallest absolute Gasteiger partial charge is 0.176 e. The third kappa shape index (κ3) is 5.96. The highest BCUT2D eigenvalue weighted by molar-refractivity contribution is 5.46. The van der Waals surface area contributed by atoms with Crippen LogP contribution in [0.1, 0.15) is 11.1 Å². The van der Waals surface area contributed by atoms with Crippen molar-refractivity contribution in [3.05, 3.63) is 59.7 Å². The van der Waals surface area contributed by atoms with Crippen molar-refractivity contribution in [1.82, 2.24) is 0 Å². The second-order valence-electron chi connectivity index (χ2n) is 6.44. The molecule has 3 heterocycles. The molecule has 0 aliphatic carbocycles. The monoisotopic (exact) mass is 398 g/mol. The number of benzene rings is 2. The van der Waals surface area contributed by atoms with Gasteiger partial charge >= 0.3 is 0 Å². The number of aliphatic hydroxyl groups is 1. The molecule has 0 atom stereocenters. The molecule has 3 aliphatic heterocycles. The summed E-state index contributed by atoms with van der Waals surface area (Å²) in [4.78, 5) is 0. The molecule has 0 radical (unpaired) electrons. The molecule has 2 aromatic carbocycles. The zero-order valence-corrected chi connectivity index (χ0v) is 16.3. The molecule has 154 valence electrons. The van der Waals surface area contributed by atoms with Crippen LogP contribution in [0.2, 0.25) is 0 Å². The first kappa shape index (κ1) is 21.2. The predicted octanol–water partition coefficient (Wildman–Crippen LogP) is 2.38. The largest absolute Gasteiger partial charge is 0.491 e. The van der Waals surface area contributed by atoms with Crippen molar-refractivity contribution in [2.75, 3.05) is 52.9 Å². The summed E-state index contributed by atoms with van der Waals surface area (Å²) >= 11 is 0. The molecule has 5 rings (SSSR count). The number of hydrogen-bond donors (Lipinski definition) is 1. The maximum atomic E-state index is 11.1. The fourth-order valence-electron chi connectivity index (χ4n) is 2.90. The third-order valence-corrected chi connectivity index (χ3v) is 4.49. The van der Waals surface area contributed by atoms with Gasteiger partial charge in [-0.3, -0.25) is 0 Å². The second-order valence-corrected chi connectivity index (χ2v) is 6.44. The van der Waals surface area contributed by atoms with Crippen LogP contribution in [0.25, 0.3) is 0 Å². The van der Waals surface area contributed by atoms with Crippen LogP contribution in [-0.4, -0.2) is 58.0 Å². The molecule has 0 fully saturated rings. The first-order valence-electron chi connectivity index (χ1n) is 9.62. The van der Waals surface area contributed by atoms with Gasteiger partial charge in [0.25, 0.3) is 0 Å². The molecule has 0 spiro atoms. The lowest BCUT2D eigenvalue weighted by Crippen LogP contribution is -2.25. The quantitative estimate of drug-likeness (QED) is 0.688. The Morgan fingerprint density at radius 3 is 1.31 bits per heavy atom. The first-order valence-corrected chi connectivity index (χ1v) is 9.62. The fraction of sp³-hybridized carbons (Fsp3) is 0.391. The summed E-state index contributed by atoms with van der Waals surface area (Å²) in [6.07, 6.45) is 5.69. The Morgan fingerprint density at radius 2 is 0.966 bits per heavy atom. The van der Waals surface area contributed by atoms with Crippen molar-refractivity contribution >= 4 is 0 Å². The molecule has 6 nitrogen and oxygen atoms in total. The van der Waals surface area contributed by atoms with E-state index in [0.717, 1.165) is 0 Å². The summed E-state index contributed by atoms with van der Waals surface area (Å²) in [7, 11) is 0. The van der Waals surface area contributed by atoms with Gasteiger partial charge in [0.2, 0.25) is 0 Å². The number of terminal acetylenes is 1. The summed E-state index contributed by atoms with van der Waals surface area (Å²) in [5, 5.41) is 11.1. The highest BCUT2D eigenvalue weighted by Crippen LogP contribution is 2.31. The topological polar surface area (TPSA) is 66.4 Å². The Balaban J connectivity index is 1.74. The molecule has 0 unspecified atom stereocenters. The summed E-state index contributed by atoms with van der Waals surface area (Å²) in [5.74, 6) is 3.86. The van der Waals surface area contributed by atoms with E-state index in [2.05, 4.69) is 5.92 Å². The van der Waals surface area contributed by atoms with Crippen molar-refractivity contribution in [3.8, 4) is 23.8 Å². The molecule has 0 aromatic heterocycles. The minimum atomic E-state index is -1.54. The minimum absolute atomic E-state index is 0.420. The van der Waals surface area contributed by atoms with E-state index in [1.807, 2.05) is 0 Å². The van der Waals surface area contributed by atoms with Crippen LogP contribution in [0.5, 0.6) is 11.5 Å². The maximum Gasteiger partial charge on any atom is 0.176 e. The van der Waals surface area contributed by atoms with Gasteiger partial charge in [-0.1, -0.05) is 30.2 Å². The molecule has 3 aliphatic rings. The van der Waals surface area contributed by atoms with Crippen molar-refractivity contribution in [1.29, 1.82) is 0 Å². The molecule has 0 saturated heterocycles. The van der Waals surface area contributed by atoms with E-state index in [1.165, 1.54) is 0 Å². The third-order valence-electron chi connectivity index (χ3n) is 4.49. The van der Waals surface area contributed by atoms with Crippen molar-refractivity contribution in [3.63, 3.8) is 0 Å². The molecule has 0 saturated carbocycles. The molecular weight excluding hydrogens is 372 g/mol. The Morgan fingerprint density at radius 1 is 0.621 bits per heavy atom. The standard InChI is InChI=1S/C23H26O6/c1-2-23(24)19-3-7-21(8-4-19)28-17-15-26-13-11-25-12-14-27-16-18-29-22-9-5-20(23)6-10-22/h1,3-10,24H,11-18H2. The van der Waals surface area contributed by atoms with E-state index in [1.54, 1.807) is 48.5 Å². The van der Waals surface area contributed by atoms with Crippen LogP contribution in [0.4, 0.5) is 0 Å². The van der Waals surface area contributed by atoms with Gasteiger partial charge in [0.1, 0.15) is 24.7 Å². The van der Waals surface area contributed by atoms with Crippen molar-refractivity contribution in [2.45, 2.75) is 5.60 Å². The molecule has 1 N–H and O–H groups in total. The Labute approximate surface area is 171 Å². The number of fused-ring (bicyclic) bond motifs is 2. The van der Waals surface area contributed by atoms with Crippen molar-refractivity contribution < 1.29 is 28.8 Å². The van der Waals surface area contributed by atoms with E-state index >= 15 is 0 Å². The van der Waals surface area contributed by atoms with E-state index in [0.29, 0.717) is 75.5 Å². The summed E-state index contributed by atoms with van der Waals surface area (Å²) < 4.78 is 27.7. The van der Waals surface area contributed by atoms with Gasteiger partial charge in [-0.15, -0.1) is 6.42 Å². The minimum Gasteiger partial charge on any atom is -0.491 e. The SMILES string of the molecule is C#CC1(O)c2ccc(cc2)OCCOCCOCCOCCOc2ccc1cc2. The molecule has 6 heteroatoms. The summed E-state index contributed by atoms with van der Waals surface area (Å²) in [6.45, 7) is 3.76. The second kappa shape index (κ2) is 10.8. The molecular formula is C23H26O6. The fourth-order valence-corrected chi connectivity index (χ4v) is 2.90. The number of rotatable bonds is 0. The van der Waals surface area contributed by atoms with Gasteiger partial charge in [0.05, 0.1) is 39.6 Å². The zero-order chi connectivity index (χ0) is 20.4. The maximum absolute atomic E-state index is 11.1. The van der Waals surface area contributed by atoms with Gasteiger partial charge in [-0.05, 0) is 24.3 Å².